The zero-order valence-corrected chi connectivity index (χ0v) is 13.5. The van der Waals surface area contributed by atoms with Gasteiger partial charge in [-0.25, -0.2) is 9.97 Å². The number of unbranched alkanes of at least 4 members (excludes halogenated alkanes) is 5. The first kappa shape index (κ1) is 16.7. The van der Waals surface area contributed by atoms with Crippen LogP contribution in [0, 0.1) is 0 Å². The number of hydrogen-bond donors (Lipinski definition) is 2. The standard InChI is InChI=1S/C16H30N4/c1-5-6-7-8-9-10-11-18-15-12-14(17-4)19-16(20-15)13(2)3/h12-13H,5-11H2,1-4H3,(H2,17,18,19,20). The quantitative estimate of drug-likeness (QED) is 0.622. The lowest BCUT2D eigenvalue weighted by Crippen LogP contribution is -2.08. The maximum absolute atomic E-state index is 4.57. The van der Waals surface area contributed by atoms with Gasteiger partial charge in [-0.3, -0.25) is 0 Å². The SMILES string of the molecule is CCCCCCCCNc1cc(NC)nc(C(C)C)n1. The van der Waals surface area contributed by atoms with Gasteiger partial charge in [0.1, 0.15) is 17.5 Å². The van der Waals surface area contributed by atoms with E-state index in [4.69, 9.17) is 0 Å². The molecule has 20 heavy (non-hydrogen) atoms. The fourth-order valence-electron chi connectivity index (χ4n) is 2.06. The maximum Gasteiger partial charge on any atom is 0.135 e. The van der Waals surface area contributed by atoms with Crippen LogP contribution in [0.25, 0.3) is 0 Å². The van der Waals surface area contributed by atoms with E-state index in [0.29, 0.717) is 5.92 Å². The van der Waals surface area contributed by atoms with Crippen LogP contribution in [0.3, 0.4) is 0 Å². The summed E-state index contributed by atoms with van der Waals surface area (Å²) in [6.07, 6.45) is 7.89. The van der Waals surface area contributed by atoms with E-state index in [1.165, 1.54) is 38.5 Å². The molecule has 0 saturated carbocycles. The van der Waals surface area contributed by atoms with Gasteiger partial charge in [0, 0.05) is 25.6 Å². The summed E-state index contributed by atoms with van der Waals surface area (Å²) in [4.78, 5) is 9.03. The molecule has 0 bridgehead atoms. The molecule has 1 rings (SSSR count). The zero-order chi connectivity index (χ0) is 14.8. The normalized spacial score (nSPS) is 10.8. The first-order valence-electron chi connectivity index (χ1n) is 7.98. The van der Waals surface area contributed by atoms with E-state index in [-0.39, 0.29) is 0 Å². The van der Waals surface area contributed by atoms with Crippen molar-refractivity contribution in [1.82, 2.24) is 9.97 Å². The molecule has 0 aliphatic heterocycles. The highest BCUT2D eigenvalue weighted by atomic mass is 15.1. The summed E-state index contributed by atoms with van der Waals surface area (Å²) in [5, 5.41) is 6.51. The highest BCUT2D eigenvalue weighted by molar-refractivity contribution is 5.47. The third-order valence-corrected chi connectivity index (χ3v) is 3.35. The molecule has 0 radical (unpaired) electrons. The smallest absolute Gasteiger partial charge is 0.135 e. The molecule has 0 unspecified atom stereocenters. The van der Waals surface area contributed by atoms with Crippen molar-refractivity contribution in [2.45, 2.75) is 65.2 Å². The monoisotopic (exact) mass is 278 g/mol. The van der Waals surface area contributed by atoms with Gasteiger partial charge in [-0.05, 0) is 6.42 Å². The lowest BCUT2D eigenvalue weighted by molar-refractivity contribution is 0.616. The van der Waals surface area contributed by atoms with Crippen molar-refractivity contribution in [2.24, 2.45) is 0 Å². The molecule has 0 aromatic carbocycles. The van der Waals surface area contributed by atoms with Gasteiger partial charge in [0.15, 0.2) is 0 Å². The Kier molecular flexibility index (Phi) is 8.00. The van der Waals surface area contributed by atoms with Crippen molar-refractivity contribution in [1.29, 1.82) is 0 Å². The average Bonchev–Trinajstić information content (AvgIpc) is 2.46. The van der Waals surface area contributed by atoms with Crippen molar-refractivity contribution in [3.63, 3.8) is 0 Å². The predicted octanol–water partition coefficient (Wildman–Crippen LogP) is 4.41. The molecule has 0 aliphatic rings. The molecule has 0 aliphatic carbocycles. The number of nitrogens with one attached hydrogen (secondary N) is 2. The topological polar surface area (TPSA) is 49.8 Å². The Morgan fingerprint density at radius 2 is 1.65 bits per heavy atom. The Labute approximate surface area is 123 Å². The number of nitrogens with zero attached hydrogens (tertiary/aromatic N) is 2. The Morgan fingerprint density at radius 1 is 1.00 bits per heavy atom. The van der Waals surface area contributed by atoms with Crippen LogP contribution in [-0.4, -0.2) is 23.6 Å². The number of rotatable bonds is 10. The Bertz CT molecular complexity index is 377. The van der Waals surface area contributed by atoms with Gasteiger partial charge in [0.2, 0.25) is 0 Å². The summed E-state index contributed by atoms with van der Waals surface area (Å²) in [7, 11) is 1.89. The molecular weight excluding hydrogens is 248 g/mol. The van der Waals surface area contributed by atoms with Gasteiger partial charge in [-0.2, -0.15) is 0 Å². The van der Waals surface area contributed by atoms with Crippen LogP contribution in [0.15, 0.2) is 6.07 Å². The summed E-state index contributed by atoms with van der Waals surface area (Å²) in [6, 6.07) is 1.98. The highest BCUT2D eigenvalue weighted by Crippen LogP contribution is 2.16. The summed E-state index contributed by atoms with van der Waals surface area (Å²) >= 11 is 0. The first-order chi connectivity index (χ1) is 9.67. The van der Waals surface area contributed by atoms with Crippen LogP contribution in [0.2, 0.25) is 0 Å². The van der Waals surface area contributed by atoms with Gasteiger partial charge in [0.25, 0.3) is 0 Å². The van der Waals surface area contributed by atoms with Crippen LogP contribution in [-0.2, 0) is 0 Å². The molecule has 4 nitrogen and oxygen atoms in total. The molecule has 4 heteroatoms. The largest absolute Gasteiger partial charge is 0.373 e. The van der Waals surface area contributed by atoms with E-state index in [9.17, 15) is 0 Å². The lowest BCUT2D eigenvalue weighted by Gasteiger charge is -2.11. The van der Waals surface area contributed by atoms with Crippen LogP contribution >= 0.6 is 0 Å². The van der Waals surface area contributed by atoms with Crippen molar-refractivity contribution in [3.05, 3.63) is 11.9 Å². The Morgan fingerprint density at radius 3 is 2.30 bits per heavy atom. The van der Waals surface area contributed by atoms with E-state index in [1.54, 1.807) is 0 Å². The maximum atomic E-state index is 4.57. The van der Waals surface area contributed by atoms with E-state index >= 15 is 0 Å². The van der Waals surface area contributed by atoms with E-state index in [0.717, 1.165) is 24.0 Å². The highest BCUT2D eigenvalue weighted by Gasteiger charge is 2.06. The number of hydrogen-bond acceptors (Lipinski definition) is 4. The van der Waals surface area contributed by atoms with Crippen molar-refractivity contribution in [2.75, 3.05) is 24.2 Å². The van der Waals surface area contributed by atoms with Crippen LogP contribution in [0.1, 0.15) is 71.0 Å². The molecule has 0 amide bonds. The van der Waals surface area contributed by atoms with Crippen molar-refractivity contribution >= 4 is 11.6 Å². The summed E-state index contributed by atoms with van der Waals surface area (Å²) < 4.78 is 0. The summed E-state index contributed by atoms with van der Waals surface area (Å²) in [5.41, 5.74) is 0. The van der Waals surface area contributed by atoms with E-state index in [1.807, 2.05) is 13.1 Å². The minimum atomic E-state index is 0.345. The third-order valence-electron chi connectivity index (χ3n) is 3.35. The summed E-state index contributed by atoms with van der Waals surface area (Å²) in [6.45, 7) is 7.48. The molecular formula is C16H30N4. The molecule has 0 spiro atoms. The van der Waals surface area contributed by atoms with Gasteiger partial charge < -0.3 is 10.6 Å². The molecule has 2 N–H and O–H groups in total. The molecule has 1 heterocycles. The molecule has 0 fully saturated rings. The van der Waals surface area contributed by atoms with Crippen molar-refractivity contribution in [3.8, 4) is 0 Å². The van der Waals surface area contributed by atoms with Gasteiger partial charge in [-0.15, -0.1) is 0 Å². The summed E-state index contributed by atoms with van der Waals surface area (Å²) in [5.74, 6) is 3.05. The van der Waals surface area contributed by atoms with Gasteiger partial charge in [-0.1, -0.05) is 52.9 Å². The van der Waals surface area contributed by atoms with Crippen LogP contribution in [0.5, 0.6) is 0 Å². The number of anilines is 2. The van der Waals surface area contributed by atoms with Crippen molar-refractivity contribution < 1.29 is 0 Å². The second-order valence-electron chi connectivity index (χ2n) is 5.60. The number of aromatic nitrogens is 2. The fraction of sp³-hybridized carbons (Fsp3) is 0.750. The minimum Gasteiger partial charge on any atom is -0.373 e. The average molecular weight is 278 g/mol. The minimum absolute atomic E-state index is 0.345. The van der Waals surface area contributed by atoms with Gasteiger partial charge in [0.05, 0.1) is 0 Å². The molecule has 114 valence electrons. The first-order valence-corrected chi connectivity index (χ1v) is 7.98. The van der Waals surface area contributed by atoms with Crippen LogP contribution in [0.4, 0.5) is 11.6 Å². The van der Waals surface area contributed by atoms with E-state index in [2.05, 4.69) is 41.4 Å². The Hall–Kier alpha value is -1.32. The predicted molar refractivity (Wildman–Crippen MR) is 87.5 cm³/mol. The van der Waals surface area contributed by atoms with Gasteiger partial charge >= 0.3 is 0 Å². The lowest BCUT2D eigenvalue weighted by atomic mass is 10.1. The third kappa shape index (κ3) is 6.22. The molecule has 0 atom stereocenters. The zero-order valence-electron chi connectivity index (χ0n) is 13.5. The molecule has 0 saturated heterocycles. The second kappa shape index (κ2) is 9.56. The Balaban J connectivity index is 2.37. The second-order valence-corrected chi connectivity index (χ2v) is 5.60. The fourth-order valence-corrected chi connectivity index (χ4v) is 2.06. The van der Waals surface area contributed by atoms with Crippen LogP contribution < -0.4 is 10.6 Å². The van der Waals surface area contributed by atoms with E-state index < -0.39 is 0 Å². The molecule has 1 aromatic rings. The molecule has 1 aromatic heterocycles.